The molecule has 3 aromatic rings. The number of fused-ring (bicyclic) bond motifs is 2. The number of amides is 1. The van der Waals surface area contributed by atoms with Gasteiger partial charge < -0.3 is 10.2 Å². The molecule has 2 aliphatic rings. The highest BCUT2D eigenvalue weighted by molar-refractivity contribution is 7.17. The first-order chi connectivity index (χ1) is 14.2. The fraction of sp³-hybridized carbons (Fsp3) is 0.435. The average Bonchev–Trinajstić information content (AvgIpc) is 3.26. The van der Waals surface area contributed by atoms with E-state index in [0.29, 0.717) is 6.42 Å². The molecule has 29 heavy (non-hydrogen) atoms. The van der Waals surface area contributed by atoms with E-state index in [1.165, 1.54) is 31.1 Å². The Morgan fingerprint density at radius 2 is 1.97 bits per heavy atom. The Balaban J connectivity index is 1.18. The summed E-state index contributed by atoms with van der Waals surface area (Å²) in [7, 11) is 0. The molecule has 152 valence electrons. The maximum Gasteiger partial charge on any atom is 0.224 e. The second-order valence-electron chi connectivity index (χ2n) is 8.15. The van der Waals surface area contributed by atoms with Gasteiger partial charge in [-0.2, -0.15) is 0 Å². The molecule has 0 aliphatic carbocycles. The van der Waals surface area contributed by atoms with Gasteiger partial charge in [0, 0.05) is 64.4 Å². The third-order valence-electron chi connectivity index (χ3n) is 6.04. The molecule has 0 unspecified atom stereocenters. The number of hydrogen-bond acceptors (Lipinski definition) is 5. The van der Waals surface area contributed by atoms with Crippen LogP contribution >= 0.6 is 22.7 Å². The normalized spacial score (nSPS) is 18.0. The predicted molar refractivity (Wildman–Crippen MR) is 125 cm³/mol. The summed E-state index contributed by atoms with van der Waals surface area (Å²) in [6.07, 6.45) is 3.73. The first-order valence-electron chi connectivity index (χ1n) is 10.5. The van der Waals surface area contributed by atoms with Crippen molar-refractivity contribution in [3.05, 3.63) is 45.0 Å². The van der Waals surface area contributed by atoms with Crippen LogP contribution in [0, 0.1) is 6.92 Å². The zero-order chi connectivity index (χ0) is 19.8. The number of rotatable bonds is 4. The van der Waals surface area contributed by atoms with Gasteiger partial charge in [-0.25, -0.2) is 0 Å². The summed E-state index contributed by atoms with van der Waals surface area (Å²) in [6, 6.07) is 8.99. The van der Waals surface area contributed by atoms with Gasteiger partial charge in [0.25, 0.3) is 0 Å². The zero-order valence-corrected chi connectivity index (χ0v) is 18.5. The summed E-state index contributed by atoms with van der Waals surface area (Å²) in [5.74, 6) is 0.167. The van der Waals surface area contributed by atoms with Gasteiger partial charge in [-0.1, -0.05) is 11.6 Å². The number of nitrogens with one attached hydrogen (secondary N) is 1. The van der Waals surface area contributed by atoms with Gasteiger partial charge in [0.1, 0.15) is 0 Å². The van der Waals surface area contributed by atoms with E-state index < -0.39 is 0 Å². The minimum Gasteiger partial charge on any atom is -0.368 e. The minimum absolute atomic E-state index is 0.167. The molecule has 6 heteroatoms. The summed E-state index contributed by atoms with van der Waals surface area (Å²) < 4.78 is 1.39. The van der Waals surface area contributed by atoms with Crippen molar-refractivity contribution >= 4 is 50.0 Å². The number of aryl methyl sites for hydroxylation is 2. The molecule has 0 radical (unpaired) electrons. The van der Waals surface area contributed by atoms with Crippen LogP contribution in [0.15, 0.2) is 29.6 Å². The Kier molecular flexibility index (Phi) is 5.33. The molecule has 1 N–H and O–H groups in total. The van der Waals surface area contributed by atoms with Crippen molar-refractivity contribution in [3.63, 3.8) is 0 Å². The number of thiophene rings is 2. The summed E-state index contributed by atoms with van der Waals surface area (Å²) in [6.45, 7) is 7.70. The fourth-order valence-corrected chi connectivity index (χ4v) is 6.48. The maximum absolute atomic E-state index is 11.8. The lowest BCUT2D eigenvalue weighted by Gasteiger charge is -2.35. The van der Waals surface area contributed by atoms with Crippen molar-refractivity contribution in [1.29, 1.82) is 0 Å². The van der Waals surface area contributed by atoms with Crippen molar-refractivity contribution in [2.75, 3.05) is 42.9 Å². The standard InChI is InChI=1S/C23H27N3OS2/c1-16-5-6-21-18(13-16)20(15-28-21)26-11-9-25(10-12-26)8-7-17-14-19-22(29-17)3-2-4-23(27)24-19/h5-6,13-15H,2-4,7-12H2,1H3,(H,24,27). The third kappa shape index (κ3) is 4.06. The highest BCUT2D eigenvalue weighted by Crippen LogP contribution is 2.34. The van der Waals surface area contributed by atoms with Crippen molar-refractivity contribution in [1.82, 2.24) is 4.90 Å². The quantitative estimate of drug-likeness (QED) is 0.645. The second kappa shape index (κ2) is 8.09. The third-order valence-corrected chi connectivity index (χ3v) is 8.24. The molecule has 2 aliphatic heterocycles. The molecule has 1 amide bonds. The van der Waals surface area contributed by atoms with Crippen molar-refractivity contribution in [2.24, 2.45) is 0 Å². The lowest BCUT2D eigenvalue weighted by atomic mass is 10.1. The van der Waals surface area contributed by atoms with Crippen LogP contribution in [0.5, 0.6) is 0 Å². The molecule has 1 fully saturated rings. The van der Waals surface area contributed by atoms with Gasteiger partial charge in [-0.05, 0) is 44.4 Å². The number of carbonyl (C=O) groups excluding carboxylic acids is 1. The highest BCUT2D eigenvalue weighted by Gasteiger charge is 2.21. The van der Waals surface area contributed by atoms with Gasteiger partial charge >= 0.3 is 0 Å². The van der Waals surface area contributed by atoms with Gasteiger partial charge in [-0.3, -0.25) is 9.69 Å². The Morgan fingerprint density at radius 1 is 1.10 bits per heavy atom. The first-order valence-corrected chi connectivity index (χ1v) is 12.2. The van der Waals surface area contributed by atoms with Crippen molar-refractivity contribution in [3.8, 4) is 0 Å². The lowest BCUT2D eigenvalue weighted by molar-refractivity contribution is -0.116. The van der Waals surface area contributed by atoms with Crippen LogP contribution in [0.4, 0.5) is 11.4 Å². The molecular weight excluding hydrogens is 398 g/mol. The number of piperazine rings is 1. The molecule has 1 saturated heterocycles. The number of hydrogen-bond donors (Lipinski definition) is 1. The van der Waals surface area contributed by atoms with Crippen LogP contribution in [0.3, 0.4) is 0 Å². The Labute approximate surface area is 180 Å². The van der Waals surface area contributed by atoms with Crippen LogP contribution in [-0.4, -0.2) is 43.5 Å². The number of nitrogens with zero attached hydrogens (tertiary/aromatic N) is 2. The van der Waals surface area contributed by atoms with E-state index in [1.807, 2.05) is 22.7 Å². The summed E-state index contributed by atoms with van der Waals surface area (Å²) in [5, 5.41) is 6.81. The SMILES string of the molecule is Cc1ccc2scc(N3CCN(CCc4cc5c(s4)CCCC(=O)N5)CC3)c2c1. The molecule has 4 heterocycles. The zero-order valence-electron chi connectivity index (χ0n) is 16.9. The summed E-state index contributed by atoms with van der Waals surface area (Å²) >= 11 is 3.75. The summed E-state index contributed by atoms with van der Waals surface area (Å²) in [5.41, 5.74) is 3.81. The van der Waals surface area contributed by atoms with E-state index >= 15 is 0 Å². The van der Waals surface area contributed by atoms with E-state index in [1.54, 1.807) is 0 Å². The van der Waals surface area contributed by atoms with Crippen LogP contribution in [0.2, 0.25) is 0 Å². The average molecular weight is 426 g/mol. The van der Waals surface area contributed by atoms with Crippen LogP contribution < -0.4 is 10.2 Å². The van der Waals surface area contributed by atoms with Gasteiger partial charge in [0.05, 0.1) is 11.4 Å². The molecule has 0 spiro atoms. The van der Waals surface area contributed by atoms with E-state index in [9.17, 15) is 4.79 Å². The van der Waals surface area contributed by atoms with Gasteiger partial charge in [0.15, 0.2) is 0 Å². The molecule has 0 atom stereocenters. The monoisotopic (exact) mass is 425 g/mol. The van der Waals surface area contributed by atoms with Crippen molar-refractivity contribution in [2.45, 2.75) is 32.6 Å². The van der Waals surface area contributed by atoms with E-state index in [0.717, 1.165) is 57.7 Å². The fourth-order valence-electron chi connectivity index (χ4n) is 4.38. The topological polar surface area (TPSA) is 35.6 Å². The second-order valence-corrected chi connectivity index (χ2v) is 10.3. The Morgan fingerprint density at radius 3 is 2.83 bits per heavy atom. The maximum atomic E-state index is 11.8. The molecule has 4 nitrogen and oxygen atoms in total. The molecule has 1 aromatic carbocycles. The largest absolute Gasteiger partial charge is 0.368 e. The molecule has 2 aromatic heterocycles. The predicted octanol–water partition coefficient (Wildman–Crippen LogP) is 4.91. The van der Waals surface area contributed by atoms with Gasteiger partial charge in [0.2, 0.25) is 5.91 Å². The van der Waals surface area contributed by atoms with Crippen molar-refractivity contribution < 1.29 is 4.79 Å². The highest BCUT2D eigenvalue weighted by atomic mass is 32.1. The van der Waals surface area contributed by atoms with Crippen LogP contribution in [0.1, 0.15) is 28.2 Å². The Hall–Kier alpha value is -1.89. The number of anilines is 2. The molecular formula is C23H27N3OS2. The van der Waals surface area contributed by atoms with E-state index in [2.05, 4.69) is 51.7 Å². The number of benzene rings is 1. The smallest absolute Gasteiger partial charge is 0.224 e. The number of carbonyl (C=O) groups is 1. The molecule has 0 bridgehead atoms. The Bertz CT molecular complexity index is 1030. The van der Waals surface area contributed by atoms with E-state index in [-0.39, 0.29) is 5.91 Å². The van der Waals surface area contributed by atoms with Gasteiger partial charge in [-0.15, -0.1) is 22.7 Å². The minimum atomic E-state index is 0.167. The molecule has 0 saturated carbocycles. The first kappa shape index (κ1) is 19.1. The summed E-state index contributed by atoms with van der Waals surface area (Å²) in [4.78, 5) is 19.7. The lowest BCUT2D eigenvalue weighted by Crippen LogP contribution is -2.46. The van der Waals surface area contributed by atoms with Crippen LogP contribution in [0.25, 0.3) is 10.1 Å². The van der Waals surface area contributed by atoms with E-state index in [4.69, 9.17) is 0 Å². The van der Waals surface area contributed by atoms with Crippen LogP contribution in [-0.2, 0) is 17.6 Å². The molecule has 5 rings (SSSR count).